The lowest BCUT2D eigenvalue weighted by atomic mass is 10.0. The Kier molecular flexibility index (Phi) is 13.1. The lowest BCUT2D eigenvalue weighted by Gasteiger charge is -2.17. The Morgan fingerprint density at radius 3 is 2.47 bits per heavy atom. The molecule has 0 unspecified atom stereocenters. The van der Waals surface area contributed by atoms with Crippen LogP contribution >= 0.6 is 0 Å². The van der Waals surface area contributed by atoms with Crippen molar-refractivity contribution in [1.29, 1.82) is 0 Å². The standard InChI is InChI=1S/C38H45N5O6/c1-42(26-29-12-9-13-30(24-29)43-20-18-36(46)41-38(43)47)21-23-48-22-8-3-2-7-19-39-25-33(44)31-14-16-34(37-32(31)15-17-35(45)40-37)49-27-28-10-5-4-6-11-28/h4-6,9-18,20,24,33,39,44H,2-3,7-8,19,21-23,25-27H2,1H3,(H,40,45)(H,41,46,47)/t33-/m0/s1. The molecule has 3 aromatic carbocycles. The summed E-state index contributed by atoms with van der Waals surface area (Å²) in [5, 5.41) is 15.1. The van der Waals surface area contributed by atoms with E-state index >= 15 is 0 Å². The Morgan fingerprint density at radius 2 is 1.63 bits per heavy atom. The van der Waals surface area contributed by atoms with E-state index in [1.165, 1.54) is 22.9 Å². The Labute approximate surface area is 285 Å². The van der Waals surface area contributed by atoms with Crippen molar-refractivity contribution in [2.24, 2.45) is 0 Å². The fourth-order valence-electron chi connectivity index (χ4n) is 5.69. The van der Waals surface area contributed by atoms with E-state index in [1.807, 2.05) is 67.7 Å². The van der Waals surface area contributed by atoms with Gasteiger partial charge in [0.15, 0.2) is 0 Å². The van der Waals surface area contributed by atoms with Gasteiger partial charge in [-0.15, -0.1) is 0 Å². The second-order valence-electron chi connectivity index (χ2n) is 12.2. The highest BCUT2D eigenvalue weighted by Gasteiger charge is 2.15. The van der Waals surface area contributed by atoms with E-state index in [1.54, 1.807) is 12.1 Å². The van der Waals surface area contributed by atoms with Crippen LogP contribution in [0.25, 0.3) is 16.6 Å². The first-order valence-electron chi connectivity index (χ1n) is 16.8. The van der Waals surface area contributed by atoms with Gasteiger partial charge in [0.25, 0.3) is 5.56 Å². The number of nitrogens with one attached hydrogen (secondary N) is 3. The minimum absolute atomic E-state index is 0.220. The van der Waals surface area contributed by atoms with Crippen molar-refractivity contribution in [3.8, 4) is 11.4 Å². The number of aromatic nitrogens is 3. The van der Waals surface area contributed by atoms with Crippen LogP contribution in [0.1, 0.15) is 48.5 Å². The molecule has 258 valence electrons. The van der Waals surface area contributed by atoms with Crippen LogP contribution in [0, 0.1) is 0 Å². The van der Waals surface area contributed by atoms with Gasteiger partial charge in [0.2, 0.25) is 5.56 Å². The minimum atomic E-state index is -0.729. The molecule has 0 amide bonds. The van der Waals surface area contributed by atoms with Gasteiger partial charge < -0.3 is 24.9 Å². The van der Waals surface area contributed by atoms with E-state index in [9.17, 15) is 19.5 Å². The summed E-state index contributed by atoms with van der Waals surface area (Å²) in [6.07, 6.45) is 4.88. The maximum Gasteiger partial charge on any atom is 0.332 e. The third-order valence-electron chi connectivity index (χ3n) is 8.30. The Morgan fingerprint density at radius 1 is 0.837 bits per heavy atom. The molecular weight excluding hydrogens is 622 g/mol. The lowest BCUT2D eigenvalue weighted by molar-refractivity contribution is 0.106. The predicted molar refractivity (Wildman–Crippen MR) is 191 cm³/mol. The second-order valence-corrected chi connectivity index (χ2v) is 12.2. The molecule has 11 heteroatoms. The van der Waals surface area contributed by atoms with Gasteiger partial charge in [-0.05, 0) is 67.4 Å². The van der Waals surface area contributed by atoms with Crippen molar-refractivity contribution in [2.75, 3.05) is 39.9 Å². The maximum absolute atomic E-state index is 12.1. The number of likely N-dealkylation sites (N-methyl/N-ethyl adjacent to an activating group) is 1. The summed E-state index contributed by atoms with van der Waals surface area (Å²) in [4.78, 5) is 42.9. The summed E-state index contributed by atoms with van der Waals surface area (Å²) >= 11 is 0. The molecule has 0 spiro atoms. The number of aliphatic hydroxyl groups excluding tert-OH is 1. The summed E-state index contributed by atoms with van der Waals surface area (Å²) < 4.78 is 13.3. The van der Waals surface area contributed by atoms with Crippen molar-refractivity contribution < 1.29 is 14.6 Å². The van der Waals surface area contributed by atoms with Crippen molar-refractivity contribution in [3.05, 3.63) is 139 Å². The van der Waals surface area contributed by atoms with Crippen LogP contribution in [-0.2, 0) is 17.9 Å². The van der Waals surface area contributed by atoms with E-state index in [2.05, 4.69) is 20.2 Å². The quantitative estimate of drug-likeness (QED) is 0.0957. The van der Waals surface area contributed by atoms with E-state index in [-0.39, 0.29) is 5.56 Å². The van der Waals surface area contributed by atoms with Crippen LogP contribution in [0.3, 0.4) is 0 Å². The first-order valence-corrected chi connectivity index (χ1v) is 16.8. The van der Waals surface area contributed by atoms with Crippen LogP contribution in [0.2, 0.25) is 0 Å². The molecule has 0 bridgehead atoms. The van der Waals surface area contributed by atoms with Crippen molar-refractivity contribution >= 4 is 10.9 Å². The zero-order chi connectivity index (χ0) is 34.4. The number of nitrogens with zero attached hydrogens (tertiary/aromatic N) is 2. The smallest absolute Gasteiger partial charge is 0.332 e. The average Bonchev–Trinajstić information content (AvgIpc) is 3.10. The third-order valence-corrected chi connectivity index (χ3v) is 8.30. The first kappa shape index (κ1) is 35.5. The molecule has 0 saturated heterocycles. The van der Waals surface area contributed by atoms with Gasteiger partial charge in [-0.3, -0.25) is 24.0 Å². The monoisotopic (exact) mass is 667 g/mol. The topological polar surface area (TPSA) is 142 Å². The van der Waals surface area contributed by atoms with E-state index in [0.717, 1.165) is 60.8 Å². The zero-order valence-corrected chi connectivity index (χ0v) is 27.9. The number of aromatic amines is 2. The number of rotatable bonds is 19. The molecule has 2 heterocycles. The molecule has 0 aliphatic heterocycles. The van der Waals surface area contributed by atoms with Gasteiger partial charge in [-0.2, -0.15) is 0 Å². The highest BCUT2D eigenvalue weighted by atomic mass is 16.5. The number of pyridine rings is 1. The molecule has 1 atom stereocenters. The van der Waals surface area contributed by atoms with Gasteiger partial charge in [0.1, 0.15) is 12.4 Å². The molecule has 5 aromatic rings. The zero-order valence-electron chi connectivity index (χ0n) is 27.9. The summed E-state index contributed by atoms with van der Waals surface area (Å²) in [6, 6.07) is 25.7. The minimum Gasteiger partial charge on any atom is -0.487 e. The molecule has 11 nitrogen and oxygen atoms in total. The molecule has 5 rings (SSSR count). The first-order chi connectivity index (χ1) is 23.9. The van der Waals surface area contributed by atoms with Crippen LogP contribution in [-0.4, -0.2) is 64.4 Å². The Bertz CT molecular complexity index is 1950. The lowest BCUT2D eigenvalue weighted by Crippen LogP contribution is -2.27. The molecule has 0 radical (unpaired) electrons. The van der Waals surface area contributed by atoms with Gasteiger partial charge in [0.05, 0.1) is 23.9 Å². The van der Waals surface area contributed by atoms with Crippen molar-refractivity contribution in [1.82, 2.24) is 24.8 Å². The summed E-state index contributed by atoms with van der Waals surface area (Å²) in [7, 11) is 2.03. The number of H-pyrrole nitrogens is 2. The summed E-state index contributed by atoms with van der Waals surface area (Å²) in [6.45, 7) is 4.43. The molecule has 0 saturated carbocycles. The number of unbranched alkanes of at least 4 members (excludes halogenated alkanes) is 3. The Hall–Kier alpha value is -4.81. The van der Waals surface area contributed by atoms with E-state index < -0.39 is 17.4 Å². The summed E-state index contributed by atoms with van der Waals surface area (Å²) in [5.74, 6) is 0.572. The van der Waals surface area contributed by atoms with Crippen LogP contribution in [0.15, 0.2) is 106 Å². The molecular formula is C38H45N5O6. The Balaban J connectivity index is 0.948. The molecule has 4 N–H and O–H groups in total. The molecule has 0 fully saturated rings. The molecule has 2 aromatic heterocycles. The predicted octanol–water partition coefficient (Wildman–Crippen LogP) is 4.28. The third kappa shape index (κ3) is 10.6. The highest BCUT2D eigenvalue weighted by Crippen LogP contribution is 2.30. The average molecular weight is 668 g/mol. The number of ether oxygens (including phenoxy) is 2. The van der Waals surface area contributed by atoms with Gasteiger partial charge in [0, 0.05) is 50.0 Å². The van der Waals surface area contributed by atoms with E-state index in [4.69, 9.17) is 9.47 Å². The van der Waals surface area contributed by atoms with Gasteiger partial charge >= 0.3 is 5.69 Å². The van der Waals surface area contributed by atoms with Crippen LogP contribution in [0.4, 0.5) is 0 Å². The SMILES string of the molecule is CN(CCOCCCCCCNC[C@H](O)c1ccc(OCc2ccccc2)c2[nH]c(=O)ccc12)Cc1cccc(-n2ccc(=O)[nH]c2=O)c1. The number of fused-ring (bicyclic) bond motifs is 1. The summed E-state index contributed by atoms with van der Waals surface area (Å²) in [5.41, 5.74) is 3.03. The highest BCUT2D eigenvalue weighted by molar-refractivity contribution is 5.87. The van der Waals surface area contributed by atoms with Crippen LogP contribution in [0.5, 0.6) is 5.75 Å². The number of hydrogen-bond donors (Lipinski definition) is 4. The largest absolute Gasteiger partial charge is 0.487 e. The molecule has 0 aliphatic carbocycles. The van der Waals surface area contributed by atoms with Crippen molar-refractivity contribution in [2.45, 2.75) is 44.9 Å². The fourth-order valence-corrected chi connectivity index (χ4v) is 5.69. The normalized spacial score (nSPS) is 12.1. The molecule has 49 heavy (non-hydrogen) atoms. The van der Waals surface area contributed by atoms with E-state index in [0.29, 0.717) is 49.9 Å². The van der Waals surface area contributed by atoms with Crippen molar-refractivity contribution in [3.63, 3.8) is 0 Å². The number of hydrogen-bond acceptors (Lipinski definition) is 8. The number of benzene rings is 3. The second kappa shape index (κ2) is 18.1. The molecule has 0 aliphatic rings. The fraction of sp³-hybridized carbons (Fsp3) is 0.342. The van der Waals surface area contributed by atoms with Crippen LogP contribution < -0.4 is 26.9 Å². The number of aliphatic hydroxyl groups is 1. The maximum atomic E-state index is 12.1. The van der Waals surface area contributed by atoms with Gasteiger partial charge in [-0.25, -0.2) is 4.79 Å². The van der Waals surface area contributed by atoms with Gasteiger partial charge in [-0.1, -0.05) is 61.4 Å².